The lowest BCUT2D eigenvalue weighted by Gasteiger charge is -2.28. The molecular formula is C15H19ClF2N2O2. The van der Waals surface area contributed by atoms with Crippen LogP contribution >= 0.6 is 12.4 Å². The van der Waals surface area contributed by atoms with E-state index in [1.54, 1.807) is 12.1 Å². The molecule has 0 spiro atoms. The molecule has 22 heavy (non-hydrogen) atoms. The summed E-state index contributed by atoms with van der Waals surface area (Å²) in [5, 5.41) is 2.98. The Balaban J connectivity index is 0.00000176. The second-order valence-electron chi connectivity index (χ2n) is 5.81. The summed E-state index contributed by atoms with van der Waals surface area (Å²) in [5.41, 5.74) is 7.12. The molecule has 4 nitrogen and oxygen atoms in total. The van der Waals surface area contributed by atoms with Gasteiger partial charge in [0.1, 0.15) is 5.75 Å². The maximum Gasteiger partial charge on any atom is 0.387 e. The Hall–Kier alpha value is -1.40. The number of nitrogens with one attached hydrogen (secondary N) is 1. The molecule has 1 atom stereocenters. The third kappa shape index (κ3) is 3.50. The molecule has 1 fully saturated rings. The van der Waals surface area contributed by atoms with Gasteiger partial charge in [0, 0.05) is 0 Å². The van der Waals surface area contributed by atoms with Crippen LogP contribution in [0.4, 0.5) is 8.78 Å². The third-order valence-electron chi connectivity index (χ3n) is 4.20. The fourth-order valence-corrected chi connectivity index (χ4v) is 2.78. The Morgan fingerprint density at radius 3 is 2.77 bits per heavy atom. The molecule has 1 amide bonds. The first-order valence-corrected chi connectivity index (χ1v) is 7.15. The lowest BCUT2D eigenvalue weighted by molar-refractivity contribution is -0.124. The largest absolute Gasteiger partial charge is 0.435 e. The zero-order valence-electron chi connectivity index (χ0n) is 12.0. The number of alkyl halides is 2. The van der Waals surface area contributed by atoms with E-state index in [2.05, 4.69) is 10.1 Å². The van der Waals surface area contributed by atoms with Crippen molar-refractivity contribution in [2.75, 3.05) is 0 Å². The summed E-state index contributed by atoms with van der Waals surface area (Å²) in [6, 6.07) is 4.82. The lowest BCUT2D eigenvalue weighted by Crippen LogP contribution is -2.44. The number of hydrogen-bond acceptors (Lipinski definition) is 3. The first-order valence-electron chi connectivity index (χ1n) is 7.15. The Morgan fingerprint density at radius 1 is 1.41 bits per heavy atom. The van der Waals surface area contributed by atoms with Crippen LogP contribution < -0.4 is 15.8 Å². The van der Waals surface area contributed by atoms with E-state index in [1.165, 1.54) is 6.07 Å². The van der Waals surface area contributed by atoms with Crippen LogP contribution in [0.2, 0.25) is 0 Å². The van der Waals surface area contributed by atoms with E-state index in [-0.39, 0.29) is 30.1 Å². The summed E-state index contributed by atoms with van der Waals surface area (Å²) in [5.74, 6) is 0.0430. The topological polar surface area (TPSA) is 64.4 Å². The monoisotopic (exact) mass is 332 g/mol. The number of fused-ring (bicyclic) bond motifs is 1. The van der Waals surface area contributed by atoms with Crippen molar-refractivity contribution in [3.63, 3.8) is 0 Å². The molecule has 1 aromatic rings. The van der Waals surface area contributed by atoms with E-state index in [1.807, 2.05) is 0 Å². The summed E-state index contributed by atoms with van der Waals surface area (Å²) in [6.45, 7) is -2.82. The van der Waals surface area contributed by atoms with Gasteiger partial charge in [-0.15, -0.1) is 12.4 Å². The molecule has 122 valence electrons. The number of aryl methyl sites for hydroxylation is 1. The van der Waals surface area contributed by atoms with Crippen molar-refractivity contribution in [3.8, 4) is 5.75 Å². The van der Waals surface area contributed by atoms with Gasteiger partial charge < -0.3 is 15.8 Å². The number of rotatable bonds is 4. The first kappa shape index (κ1) is 17.0. The molecule has 0 aromatic heterocycles. The van der Waals surface area contributed by atoms with Crippen LogP contribution in [0.15, 0.2) is 18.2 Å². The van der Waals surface area contributed by atoms with Crippen molar-refractivity contribution >= 4 is 18.3 Å². The molecule has 1 unspecified atom stereocenters. The minimum Gasteiger partial charge on any atom is -0.435 e. The second-order valence-corrected chi connectivity index (χ2v) is 5.81. The molecule has 0 aliphatic heterocycles. The Kier molecular flexibility index (Phi) is 4.92. The van der Waals surface area contributed by atoms with Crippen LogP contribution in [0.3, 0.4) is 0 Å². The van der Waals surface area contributed by atoms with Crippen LogP contribution in [0, 0.1) is 0 Å². The molecule has 0 saturated heterocycles. The smallest absolute Gasteiger partial charge is 0.387 e. The van der Waals surface area contributed by atoms with Crippen LogP contribution in [0.1, 0.15) is 42.9 Å². The number of halogens is 3. The van der Waals surface area contributed by atoms with Crippen molar-refractivity contribution < 1.29 is 18.3 Å². The normalized spacial score (nSPS) is 21.5. The first-order chi connectivity index (χ1) is 9.98. The molecule has 3 rings (SSSR count). The van der Waals surface area contributed by atoms with Gasteiger partial charge >= 0.3 is 6.61 Å². The molecule has 2 aliphatic rings. The summed E-state index contributed by atoms with van der Waals surface area (Å²) in [4.78, 5) is 12.1. The zero-order valence-corrected chi connectivity index (χ0v) is 12.8. The summed E-state index contributed by atoms with van der Waals surface area (Å²) in [6.07, 6.45) is 3.98. The SMILES string of the molecule is Cl.NC1(C(=O)NC2CCCc3cc(OC(F)F)ccc32)CC1. The average molecular weight is 333 g/mol. The molecule has 7 heteroatoms. The predicted molar refractivity (Wildman–Crippen MR) is 80.3 cm³/mol. The van der Waals surface area contributed by atoms with Crippen molar-refractivity contribution in [2.45, 2.75) is 50.3 Å². The predicted octanol–water partition coefficient (Wildman–Crippen LogP) is 2.69. The molecule has 0 heterocycles. The highest BCUT2D eigenvalue weighted by molar-refractivity contribution is 5.89. The second kappa shape index (κ2) is 6.38. The van der Waals surface area contributed by atoms with Gasteiger partial charge in [0.05, 0.1) is 11.6 Å². The number of hydrogen-bond donors (Lipinski definition) is 2. The molecule has 1 aromatic carbocycles. The van der Waals surface area contributed by atoms with Crippen LogP contribution in [-0.2, 0) is 11.2 Å². The number of amides is 1. The van der Waals surface area contributed by atoms with E-state index < -0.39 is 12.2 Å². The number of carbonyl (C=O) groups is 1. The molecular weight excluding hydrogens is 314 g/mol. The minimum absolute atomic E-state index is 0. The van der Waals surface area contributed by atoms with E-state index in [4.69, 9.17) is 5.73 Å². The van der Waals surface area contributed by atoms with Gasteiger partial charge in [-0.3, -0.25) is 4.79 Å². The maximum absolute atomic E-state index is 12.2. The number of ether oxygens (including phenoxy) is 1. The van der Waals surface area contributed by atoms with Crippen molar-refractivity contribution in [3.05, 3.63) is 29.3 Å². The Bertz CT molecular complexity index is 564. The standard InChI is InChI=1S/C15H18F2N2O2.ClH/c16-14(17)21-10-4-5-11-9(8-10)2-1-3-12(11)19-13(20)15(18)6-7-15;/h4-5,8,12,14H,1-3,6-7,18H2,(H,19,20);1H. The Morgan fingerprint density at radius 2 is 2.14 bits per heavy atom. The summed E-state index contributed by atoms with van der Waals surface area (Å²) < 4.78 is 28.9. The van der Waals surface area contributed by atoms with E-state index in [0.717, 1.165) is 43.2 Å². The van der Waals surface area contributed by atoms with Gasteiger partial charge in [0.25, 0.3) is 0 Å². The van der Waals surface area contributed by atoms with Crippen LogP contribution in [0.5, 0.6) is 5.75 Å². The Labute approximate surface area is 133 Å². The number of benzene rings is 1. The van der Waals surface area contributed by atoms with E-state index in [9.17, 15) is 13.6 Å². The van der Waals surface area contributed by atoms with Gasteiger partial charge in [0.15, 0.2) is 0 Å². The third-order valence-corrected chi connectivity index (χ3v) is 4.20. The van der Waals surface area contributed by atoms with Gasteiger partial charge in [-0.2, -0.15) is 8.78 Å². The van der Waals surface area contributed by atoms with Gasteiger partial charge in [-0.05, 0) is 55.4 Å². The number of carbonyl (C=O) groups excluding carboxylic acids is 1. The molecule has 1 saturated carbocycles. The quantitative estimate of drug-likeness (QED) is 0.891. The highest BCUT2D eigenvalue weighted by atomic mass is 35.5. The summed E-state index contributed by atoms with van der Waals surface area (Å²) >= 11 is 0. The summed E-state index contributed by atoms with van der Waals surface area (Å²) in [7, 11) is 0. The van der Waals surface area contributed by atoms with E-state index >= 15 is 0 Å². The fourth-order valence-electron chi connectivity index (χ4n) is 2.78. The highest BCUT2D eigenvalue weighted by Gasteiger charge is 2.46. The minimum atomic E-state index is -2.82. The molecule has 0 bridgehead atoms. The number of nitrogens with two attached hydrogens (primary N) is 1. The van der Waals surface area contributed by atoms with Gasteiger partial charge in [0.2, 0.25) is 5.91 Å². The van der Waals surface area contributed by atoms with Crippen molar-refractivity contribution in [2.24, 2.45) is 5.73 Å². The highest BCUT2D eigenvalue weighted by Crippen LogP contribution is 2.36. The van der Waals surface area contributed by atoms with Crippen molar-refractivity contribution in [1.82, 2.24) is 5.32 Å². The maximum atomic E-state index is 12.2. The molecule has 2 aliphatic carbocycles. The van der Waals surface area contributed by atoms with Crippen LogP contribution in [0.25, 0.3) is 0 Å². The van der Waals surface area contributed by atoms with Gasteiger partial charge in [-0.25, -0.2) is 0 Å². The van der Waals surface area contributed by atoms with Crippen LogP contribution in [-0.4, -0.2) is 18.1 Å². The fraction of sp³-hybridized carbons (Fsp3) is 0.533. The molecule has 0 radical (unpaired) electrons. The van der Waals surface area contributed by atoms with E-state index in [0.29, 0.717) is 0 Å². The lowest BCUT2D eigenvalue weighted by atomic mass is 9.87. The average Bonchev–Trinajstić information content (AvgIpc) is 3.17. The molecule has 3 N–H and O–H groups in total. The van der Waals surface area contributed by atoms with Gasteiger partial charge in [-0.1, -0.05) is 6.07 Å². The van der Waals surface area contributed by atoms with Crippen molar-refractivity contribution in [1.29, 1.82) is 0 Å². The zero-order chi connectivity index (χ0) is 15.0.